The van der Waals surface area contributed by atoms with Crippen LogP contribution in [0.5, 0.6) is 0 Å². The van der Waals surface area contributed by atoms with Gasteiger partial charge in [0, 0.05) is 10.2 Å². The molecule has 0 unspecified atom stereocenters. The van der Waals surface area contributed by atoms with Gasteiger partial charge in [0.2, 0.25) is 0 Å². The van der Waals surface area contributed by atoms with Crippen LogP contribution < -0.4 is 5.73 Å². The van der Waals surface area contributed by atoms with Gasteiger partial charge in [0.05, 0.1) is 5.56 Å². The number of hydrogen-bond acceptors (Lipinski definition) is 4. The van der Waals surface area contributed by atoms with Gasteiger partial charge in [-0.05, 0) is 34.1 Å². The van der Waals surface area contributed by atoms with Crippen molar-refractivity contribution in [3.63, 3.8) is 0 Å². The van der Waals surface area contributed by atoms with Crippen LogP contribution in [0, 0.1) is 0 Å². The smallest absolute Gasteiger partial charge is 0.399 e. The lowest BCUT2D eigenvalue weighted by Gasteiger charge is -2.00. The molecule has 0 aliphatic heterocycles. The number of rotatable bonds is 1. The minimum Gasteiger partial charge on any atom is -0.399 e. The van der Waals surface area contributed by atoms with Crippen LogP contribution >= 0.6 is 15.9 Å². The molecule has 1 aromatic carbocycles. The van der Waals surface area contributed by atoms with E-state index in [-0.39, 0.29) is 5.89 Å². The van der Waals surface area contributed by atoms with Crippen LogP contribution in [0.15, 0.2) is 27.2 Å². The summed E-state index contributed by atoms with van der Waals surface area (Å²) in [6, 6.07) is 4.62. The molecule has 0 aliphatic rings. The number of nitrogen functional groups attached to an aromatic ring is 1. The van der Waals surface area contributed by atoms with Gasteiger partial charge >= 0.3 is 6.18 Å². The molecule has 0 saturated carbocycles. The number of benzene rings is 1. The zero-order valence-electron chi connectivity index (χ0n) is 8.12. The Morgan fingerprint density at radius 2 is 2.00 bits per heavy atom. The molecule has 17 heavy (non-hydrogen) atoms. The van der Waals surface area contributed by atoms with Gasteiger partial charge in [0.15, 0.2) is 0 Å². The molecule has 4 nitrogen and oxygen atoms in total. The van der Waals surface area contributed by atoms with Crippen LogP contribution in [0.25, 0.3) is 11.5 Å². The third-order valence-corrected chi connectivity index (χ3v) is 2.59. The molecule has 0 spiro atoms. The van der Waals surface area contributed by atoms with Gasteiger partial charge in [-0.1, -0.05) is 5.16 Å². The maximum Gasteiger partial charge on any atom is 0.455 e. The Bertz CT molecular complexity index is 553. The first-order valence-electron chi connectivity index (χ1n) is 4.34. The van der Waals surface area contributed by atoms with Gasteiger partial charge in [-0.2, -0.15) is 18.2 Å². The number of alkyl halides is 3. The van der Waals surface area contributed by atoms with E-state index in [0.717, 1.165) is 0 Å². The van der Waals surface area contributed by atoms with E-state index in [1.165, 1.54) is 6.07 Å². The van der Waals surface area contributed by atoms with Crippen LogP contribution in [0.3, 0.4) is 0 Å². The van der Waals surface area contributed by atoms with E-state index in [1.807, 2.05) is 0 Å². The second-order valence-electron chi connectivity index (χ2n) is 3.16. The van der Waals surface area contributed by atoms with Gasteiger partial charge in [-0.3, -0.25) is 0 Å². The fraction of sp³-hybridized carbons (Fsp3) is 0.111. The summed E-state index contributed by atoms with van der Waals surface area (Å²) in [5.74, 6) is -1.56. The van der Waals surface area contributed by atoms with Crippen molar-refractivity contribution in [2.24, 2.45) is 0 Å². The summed E-state index contributed by atoms with van der Waals surface area (Å²) < 4.78 is 41.9. The molecule has 1 heterocycles. The number of hydrogen-bond donors (Lipinski definition) is 1. The van der Waals surface area contributed by atoms with E-state index in [9.17, 15) is 13.2 Å². The normalized spacial score (nSPS) is 11.8. The molecule has 0 radical (unpaired) electrons. The molecule has 0 aliphatic carbocycles. The topological polar surface area (TPSA) is 64.9 Å². The van der Waals surface area contributed by atoms with Gasteiger partial charge in [-0.15, -0.1) is 0 Å². The summed E-state index contributed by atoms with van der Waals surface area (Å²) >= 11 is 3.16. The second kappa shape index (κ2) is 4.02. The van der Waals surface area contributed by atoms with Gasteiger partial charge in [-0.25, -0.2) is 0 Å². The summed E-state index contributed by atoms with van der Waals surface area (Å²) in [7, 11) is 0. The highest BCUT2D eigenvalue weighted by Gasteiger charge is 2.37. The molecule has 8 heteroatoms. The SMILES string of the molecule is Nc1ccc(Br)c(-c2nc(C(F)(F)F)no2)c1. The van der Waals surface area contributed by atoms with Gasteiger partial charge in [0.1, 0.15) is 0 Å². The molecule has 2 aromatic rings. The summed E-state index contributed by atoms with van der Waals surface area (Å²) in [5.41, 5.74) is 6.22. The lowest BCUT2D eigenvalue weighted by atomic mass is 10.2. The Balaban J connectivity index is 2.47. The zero-order chi connectivity index (χ0) is 12.6. The summed E-state index contributed by atoms with van der Waals surface area (Å²) in [6.07, 6.45) is -4.63. The fourth-order valence-corrected chi connectivity index (χ4v) is 1.57. The Hall–Kier alpha value is -1.57. The van der Waals surface area contributed by atoms with E-state index in [1.54, 1.807) is 12.1 Å². The second-order valence-corrected chi connectivity index (χ2v) is 4.01. The van der Waals surface area contributed by atoms with Crippen molar-refractivity contribution in [3.05, 3.63) is 28.5 Å². The Morgan fingerprint density at radius 3 is 2.59 bits per heavy atom. The minimum absolute atomic E-state index is 0.239. The molecule has 0 fully saturated rings. The van der Waals surface area contributed by atoms with Crippen molar-refractivity contribution in [3.8, 4) is 11.5 Å². The average Bonchev–Trinajstić information content (AvgIpc) is 2.70. The molecule has 2 rings (SSSR count). The summed E-state index contributed by atoms with van der Waals surface area (Å²) in [4.78, 5) is 3.27. The molecule has 0 amide bonds. The molecule has 0 bridgehead atoms. The van der Waals surface area contributed by atoms with Crippen LogP contribution in [0.2, 0.25) is 0 Å². The van der Waals surface area contributed by atoms with Crippen molar-refractivity contribution in [1.82, 2.24) is 10.1 Å². The van der Waals surface area contributed by atoms with Crippen LogP contribution in [0.4, 0.5) is 18.9 Å². The largest absolute Gasteiger partial charge is 0.455 e. The highest BCUT2D eigenvalue weighted by atomic mass is 79.9. The third kappa shape index (κ3) is 2.41. The highest BCUT2D eigenvalue weighted by Crippen LogP contribution is 2.32. The molecule has 0 atom stereocenters. The van der Waals surface area contributed by atoms with E-state index in [0.29, 0.717) is 15.7 Å². The number of halogens is 4. The molecule has 0 saturated heterocycles. The molecular weight excluding hydrogens is 303 g/mol. The van der Waals surface area contributed by atoms with E-state index < -0.39 is 12.0 Å². The van der Waals surface area contributed by atoms with Crippen molar-refractivity contribution in [2.45, 2.75) is 6.18 Å². The Kier molecular flexibility index (Phi) is 2.82. The van der Waals surface area contributed by atoms with E-state index in [4.69, 9.17) is 5.73 Å². The minimum atomic E-state index is -4.63. The maximum absolute atomic E-state index is 12.3. The van der Waals surface area contributed by atoms with E-state index in [2.05, 4.69) is 30.6 Å². The van der Waals surface area contributed by atoms with Gasteiger partial charge < -0.3 is 10.3 Å². The monoisotopic (exact) mass is 307 g/mol. The van der Waals surface area contributed by atoms with E-state index >= 15 is 0 Å². The lowest BCUT2D eigenvalue weighted by Crippen LogP contribution is -2.07. The molecule has 90 valence electrons. The highest BCUT2D eigenvalue weighted by molar-refractivity contribution is 9.10. The molecule has 1 aromatic heterocycles. The van der Waals surface area contributed by atoms with Gasteiger partial charge in [0.25, 0.3) is 11.7 Å². The lowest BCUT2D eigenvalue weighted by molar-refractivity contribution is -0.146. The number of nitrogens with two attached hydrogens (primary N) is 1. The number of nitrogens with zero attached hydrogens (tertiary/aromatic N) is 2. The quantitative estimate of drug-likeness (QED) is 0.822. The van der Waals surface area contributed by atoms with Crippen LogP contribution in [-0.4, -0.2) is 10.1 Å². The predicted octanol–water partition coefficient (Wildman–Crippen LogP) is 3.10. The van der Waals surface area contributed by atoms with Crippen molar-refractivity contribution in [1.29, 1.82) is 0 Å². The number of aromatic nitrogens is 2. The summed E-state index contributed by atoms with van der Waals surface area (Å²) in [6.45, 7) is 0. The summed E-state index contributed by atoms with van der Waals surface area (Å²) in [5, 5.41) is 2.86. The maximum atomic E-state index is 12.3. The third-order valence-electron chi connectivity index (χ3n) is 1.90. The first-order valence-corrected chi connectivity index (χ1v) is 5.13. The first kappa shape index (κ1) is 11.9. The average molecular weight is 308 g/mol. The standard InChI is InChI=1S/C9H5BrF3N3O/c10-6-2-1-4(14)3-5(6)7-15-8(16-17-7)9(11,12)13/h1-3H,14H2. The Morgan fingerprint density at radius 1 is 1.29 bits per heavy atom. The Labute approximate surface area is 102 Å². The number of anilines is 1. The molecule has 2 N–H and O–H groups in total. The fourth-order valence-electron chi connectivity index (χ4n) is 1.15. The van der Waals surface area contributed by atoms with Crippen molar-refractivity contribution >= 4 is 21.6 Å². The zero-order valence-corrected chi connectivity index (χ0v) is 9.71. The van der Waals surface area contributed by atoms with Crippen molar-refractivity contribution < 1.29 is 17.7 Å². The first-order chi connectivity index (χ1) is 7.88. The molecular formula is C9H5BrF3N3O. The van der Waals surface area contributed by atoms with Crippen LogP contribution in [0.1, 0.15) is 5.82 Å². The van der Waals surface area contributed by atoms with Crippen molar-refractivity contribution in [2.75, 3.05) is 5.73 Å². The predicted molar refractivity (Wildman–Crippen MR) is 56.8 cm³/mol. The van der Waals surface area contributed by atoms with Crippen LogP contribution in [-0.2, 0) is 6.18 Å².